The molecule has 0 fully saturated rings. The van der Waals surface area contributed by atoms with E-state index in [-0.39, 0.29) is 18.0 Å². The van der Waals surface area contributed by atoms with Crippen LogP contribution in [-0.2, 0) is 4.79 Å². The van der Waals surface area contributed by atoms with Gasteiger partial charge >= 0.3 is 0 Å². The minimum atomic E-state index is 0.0418. The lowest BCUT2D eigenvalue weighted by Crippen LogP contribution is -2.41. The quantitative estimate of drug-likeness (QED) is 0.842. The summed E-state index contributed by atoms with van der Waals surface area (Å²) in [5, 5.41) is 6.23. The Morgan fingerprint density at radius 2 is 1.84 bits per heavy atom. The summed E-state index contributed by atoms with van der Waals surface area (Å²) < 4.78 is 1.06. The van der Waals surface area contributed by atoms with Crippen LogP contribution in [0.15, 0.2) is 28.7 Å². The Bertz CT molecular complexity index is 420. The fourth-order valence-corrected chi connectivity index (χ4v) is 2.28. The van der Waals surface area contributed by atoms with Crippen molar-refractivity contribution in [3.05, 3.63) is 34.3 Å². The topological polar surface area (TPSA) is 41.1 Å². The Hall–Kier alpha value is -0.870. The van der Waals surface area contributed by atoms with Gasteiger partial charge in [-0.25, -0.2) is 0 Å². The monoisotopic (exact) mass is 326 g/mol. The summed E-state index contributed by atoms with van der Waals surface area (Å²) in [6.07, 6.45) is 0. The Kier molecular flexibility index (Phi) is 6.52. The smallest absolute Gasteiger partial charge is 0.234 e. The first-order chi connectivity index (χ1) is 8.91. The molecule has 3 nitrogen and oxygen atoms in total. The summed E-state index contributed by atoms with van der Waals surface area (Å²) in [5.41, 5.74) is 1.16. The van der Waals surface area contributed by atoms with Gasteiger partial charge in [0.05, 0.1) is 6.54 Å². The fourth-order valence-electron chi connectivity index (χ4n) is 1.65. The average Bonchev–Trinajstić information content (AvgIpc) is 2.36. The molecule has 0 spiro atoms. The number of amides is 1. The SMILES string of the molecule is CC(C)C(C)NC(=O)CN[C@H](C)c1ccccc1Br. The first-order valence-corrected chi connectivity index (χ1v) is 7.48. The summed E-state index contributed by atoms with van der Waals surface area (Å²) in [6, 6.07) is 8.38. The highest BCUT2D eigenvalue weighted by atomic mass is 79.9. The number of hydrogen-bond donors (Lipinski definition) is 2. The van der Waals surface area contributed by atoms with Crippen molar-refractivity contribution in [1.29, 1.82) is 0 Å². The molecule has 0 saturated carbocycles. The summed E-state index contributed by atoms with van der Waals surface area (Å²) in [6.45, 7) is 8.61. The molecular formula is C15H23BrN2O. The zero-order valence-electron chi connectivity index (χ0n) is 12.0. The molecule has 1 aromatic carbocycles. The van der Waals surface area contributed by atoms with E-state index in [1.54, 1.807) is 0 Å². The molecule has 2 atom stereocenters. The van der Waals surface area contributed by atoms with Crippen LogP contribution >= 0.6 is 15.9 Å². The third kappa shape index (κ3) is 5.33. The van der Waals surface area contributed by atoms with E-state index in [1.165, 1.54) is 0 Å². The van der Waals surface area contributed by atoms with Crippen molar-refractivity contribution in [2.75, 3.05) is 6.54 Å². The van der Waals surface area contributed by atoms with Crippen LogP contribution in [0, 0.1) is 5.92 Å². The van der Waals surface area contributed by atoms with Crippen molar-refractivity contribution in [1.82, 2.24) is 10.6 Å². The highest BCUT2D eigenvalue weighted by Gasteiger charge is 2.13. The maximum Gasteiger partial charge on any atom is 0.234 e. The largest absolute Gasteiger partial charge is 0.352 e. The Morgan fingerprint density at radius 3 is 2.42 bits per heavy atom. The van der Waals surface area contributed by atoms with Crippen LogP contribution in [0.1, 0.15) is 39.3 Å². The molecule has 0 aromatic heterocycles. The van der Waals surface area contributed by atoms with Crippen LogP contribution in [-0.4, -0.2) is 18.5 Å². The molecule has 0 aliphatic heterocycles. The standard InChI is InChI=1S/C15H23BrN2O/c1-10(2)11(3)18-15(19)9-17-12(4)13-7-5-6-8-14(13)16/h5-8,10-12,17H,9H2,1-4H3,(H,18,19)/t11?,12-/m1/s1. The lowest BCUT2D eigenvalue weighted by molar-refractivity contribution is -0.121. The number of carbonyl (C=O) groups is 1. The van der Waals surface area contributed by atoms with Crippen LogP contribution < -0.4 is 10.6 Å². The summed E-state index contributed by atoms with van der Waals surface area (Å²) in [4.78, 5) is 11.8. The molecule has 4 heteroatoms. The number of carbonyl (C=O) groups excluding carboxylic acids is 1. The summed E-state index contributed by atoms with van der Waals surface area (Å²) >= 11 is 3.52. The lowest BCUT2D eigenvalue weighted by Gasteiger charge is -2.19. The molecular weight excluding hydrogens is 304 g/mol. The fraction of sp³-hybridized carbons (Fsp3) is 0.533. The second-order valence-electron chi connectivity index (χ2n) is 5.22. The van der Waals surface area contributed by atoms with Gasteiger partial charge in [-0.15, -0.1) is 0 Å². The van der Waals surface area contributed by atoms with Gasteiger partial charge in [0.15, 0.2) is 0 Å². The molecule has 1 unspecified atom stereocenters. The number of benzene rings is 1. The molecule has 0 aliphatic rings. The molecule has 0 heterocycles. The third-order valence-corrected chi connectivity index (χ3v) is 4.05. The molecule has 1 rings (SSSR count). The highest BCUT2D eigenvalue weighted by molar-refractivity contribution is 9.10. The van der Waals surface area contributed by atoms with E-state index < -0.39 is 0 Å². The third-order valence-electron chi connectivity index (χ3n) is 3.33. The van der Waals surface area contributed by atoms with Gasteiger partial charge in [0.1, 0.15) is 0 Å². The summed E-state index contributed by atoms with van der Waals surface area (Å²) in [7, 11) is 0. The van der Waals surface area contributed by atoms with E-state index in [1.807, 2.05) is 25.1 Å². The van der Waals surface area contributed by atoms with Gasteiger partial charge < -0.3 is 10.6 Å². The Balaban J connectivity index is 2.44. The van der Waals surface area contributed by atoms with E-state index in [9.17, 15) is 4.79 Å². The molecule has 2 N–H and O–H groups in total. The van der Waals surface area contributed by atoms with Crippen LogP contribution in [0.3, 0.4) is 0 Å². The van der Waals surface area contributed by atoms with Gasteiger partial charge in [-0.1, -0.05) is 48.0 Å². The minimum Gasteiger partial charge on any atom is -0.352 e. The van der Waals surface area contributed by atoms with E-state index in [2.05, 4.69) is 53.4 Å². The van der Waals surface area contributed by atoms with E-state index in [4.69, 9.17) is 0 Å². The van der Waals surface area contributed by atoms with E-state index >= 15 is 0 Å². The highest BCUT2D eigenvalue weighted by Crippen LogP contribution is 2.22. The van der Waals surface area contributed by atoms with Crippen LogP contribution in [0.2, 0.25) is 0 Å². The van der Waals surface area contributed by atoms with Gasteiger partial charge in [-0.05, 0) is 31.4 Å². The maximum atomic E-state index is 11.8. The van der Waals surface area contributed by atoms with Crippen molar-refractivity contribution in [2.24, 2.45) is 5.92 Å². The van der Waals surface area contributed by atoms with Gasteiger partial charge in [0.25, 0.3) is 0 Å². The average molecular weight is 327 g/mol. The van der Waals surface area contributed by atoms with Crippen molar-refractivity contribution in [3.8, 4) is 0 Å². The zero-order valence-corrected chi connectivity index (χ0v) is 13.6. The number of nitrogens with one attached hydrogen (secondary N) is 2. The van der Waals surface area contributed by atoms with Crippen LogP contribution in [0.4, 0.5) is 0 Å². The molecule has 0 bridgehead atoms. The predicted molar refractivity (Wildman–Crippen MR) is 83.0 cm³/mol. The molecule has 0 aliphatic carbocycles. The second-order valence-corrected chi connectivity index (χ2v) is 6.08. The molecule has 19 heavy (non-hydrogen) atoms. The summed E-state index contributed by atoms with van der Waals surface area (Å²) in [5.74, 6) is 0.491. The van der Waals surface area contributed by atoms with Crippen molar-refractivity contribution < 1.29 is 4.79 Å². The number of hydrogen-bond acceptors (Lipinski definition) is 2. The predicted octanol–water partition coefficient (Wildman–Crippen LogP) is 3.26. The van der Waals surface area contributed by atoms with Crippen molar-refractivity contribution >= 4 is 21.8 Å². The van der Waals surface area contributed by atoms with Gasteiger partial charge in [-0.3, -0.25) is 4.79 Å². The maximum absolute atomic E-state index is 11.8. The van der Waals surface area contributed by atoms with E-state index in [0.29, 0.717) is 12.5 Å². The number of rotatable bonds is 6. The van der Waals surface area contributed by atoms with Crippen molar-refractivity contribution in [3.63, 3.8) is 0 Å². The van der Waals surface area contributed by atoms with Crippen LogP contribution in [0.25, 0.3) is 0 Å². The van der Waals surface area contributed by atoms with Gasteiger partial charge in [0.2, 0.25) is 5.91 Å². The lowest BCUT2D eigenvalue weighted by atomic mass is 10.1. The molecule has 1 aromatic rings. The first-order valence-electron chi connectivity index (χ1n) is 6.69. The van der Waals surface area contributed by atoms with Crippen LogP contribution in [0.5, 0.6) is 0 Å². The zero-order chi connectivity index (χ0) is 14.4. The number of halogens is 1. The van der Waals surface area contributed by atoms with Gasteiger partial charge in [0, 0.05) is 16.6 Å². The van der Waals surface area contributed by atoms with Gasteiger partial charge in [-0.2, -0.15) is 0 Å². The molecule has 0 saturated heterocycles. The molecule has 1 amide bonds. The Morgan fingerprint density at radius 1 is 1.21 bits per heavy atom. The molecule has 0 radical (unpaired) electrons. The minimum absolute atomic E-state index is 0.0418. The normalized spacial score (nSPS) is 14.2. The Labute approximate surface area is 124 Å². The first kappa shape index (κ1) is 16.2. The second kappa shape index (κ2) is 7.65. The van der Waals surface area contributed by atoms with E-state index in [0.717, 1.165) is 10.0 Å². The molecule has 106 valence electrons. The van der Waals surface area contributed by atoms with Crippen molar-refractivity contribution in [2.45, 2.75) is 39.8 Å².